The lowest BCUT2D eigenvalue weighted by Crippen LogP contribution is -1.92. The Morgan fingerprint density at radius 1 is 0.550 bits per heavy atom. The molecule has 2 aromatic carbocycles. The molecule has 0 amide bonds. The van der Waals surface area contributed by atoms with Gasteiger partial charge >= 0.3 is 20.4 Å². The standard InChI is InChI=1S/C12H8F2O4S2/c13-19(15,16)11-5-1-9(2-6-11)10-3-7-12(8-4-10)20(14,17)18/h1-8H. The van der Waals surface area contributed by atoms with E-state index in [1.807, 2.05) is 0 Å². The molecule has 2 aromatic rings. The van der Waals surface area contributed by atoms with E-state index in [-0.39, 0.29) is 0 Å². The second-order valence-electron chi connectivity index (χ2n) is 3.92. The van der Waals surface area contributed by atoms with Crippen LogP contribution in [-0.2, 0) is 20.4 Å². The first kappa shape index (κ1) is 14.6. The van der Waals surface area contributed by atoms with Crippen molar-refractivity contribution in [3.05, 3.63) is 48.5 Å². The molecule has 0 spiro atoms. The highest BCUT2D eigenvalue weighted by molar-refractivity contribution is 7.86. The highest BCUT2D eigenvalue weighted by atomic mass is 32.3. The second-order valence-corrected chi connectivity index (χ2v) is 6.62. The minimum Gasteiger partial charge on any atom is -0.189 e. The van der Waals surface area contributed by atoms with Crippen molar-refractivity contribution in [2.24, 2.45) is 0 Å². The highest BCUT2D eigenvalue weighted by Gasteiger charge is 2.13. The quantitative estimate of drug-likeness (QED) is 0.816. The lowest BCUT2D eigenvalue weighted by atomic mass is 10.1. The molecule has 0 aromatic heterocycles. The fourth-order valence-electron chi connectivity index (χ4n) is 1.62. The molecule has 0 aliphatic rings. The van der Waals surface area contributed by atoms with Gasteiger partial charge in [0.25, 0.3) is 0 Å². The van der Waals surface area contributed by atoms with E-state index in [1.165, 1.54) is 24.3 Å². The van der Waals surface area contributed by atoms with Crippen LogP contribution in [0.15, 0.2) is 58.3 Å². The summed E-state index contributed by atoms with van der Waals surface area (Å²) in [6.45, 7) is 0. The number of hydrogen-bond donors (Lipinski definition) is 0. The lowest BCUT2D eigenvalue weighted by Gasteiger charge is -2.03. The van der Waals surface area contributed by atoms with Crippen molar-refractivity contribution < 1.29 is 24.6 Å². The molecular formula is C12H8F2O4S2. The van der Waals surface area contributed by atoms with E-state index in [2.05, 4.69) is 0 Å². The first-order valence-corrected chi connectivity index (χ1v) is 8.04. The molecule has 8 heteroatoms. The molecule has 0 saturated carbocycles. The Kier molecular flexibility index (Phi) is 3.61. The molecule has 20 heavy (non-hydrogen) atoms. The Balaban J connectivity index is 2.38. The Morgan fingerprint density at radius 3 is 1.00 bits per heavy atom. The van der Waals surface area contributed by atoms with E-state index in [0.717, 1.165) is 24.3 Å². The molecule has 4 nitrogen and oxygen atoms in total. The average molecular weight is 318 g/mol. The average Bonchev–Trinajstić information content (AvgIpc) is 2.37. The zero-order chi connectivity index (χ0) is 15.0. The van der Waals surface area contributed by atoms with Crippen molar-refractivity contribution in [1.29, 1.82) is 0 Å². The van der Waals surface area contributed by atoms with Crippen LogP contribution in [0.3, 0.4) is 0 Å². The molecule has 0 saturated heterocycles. The van der Waals surface area contributed by atoms with Gasteiger partial charge in [0, 0.05) is 0 Å². The monoisotopic (exact) mass is 318 g/mol. The summed E-state index contributed by atoms with van der Waals surface area (Å²) in [5.74, 6) is 0. The van der Waals surface area contributed by atoms with Crippen LogP contribution >= 0.6 is 0 Å². The van der Waals surface area contributed by atoms with Crippen LogP contribution in [0.4, 0.5) is 7.77 Å². The Morgan fingerprint density at radius 2 is 0.800 bits per heavy atom. The van der Waals surface area contributed by atoms with E-state index in [4.69, 9.17) is 0 Å². The predicted molar refractivity (Wildman–Crippen MR) is 68.5 cm³/mol. The van der Waals surface area contributed by atoms with Gasteiger partial charge in [0.2, 0.25) is 0 Å². The third kappa shape index (κ3) is 3.20. The summed E-state index contributed by atoms with van der Waals surface area (Å²) in [4.78, 5) is -0.937. The third-order valence-corrected chi connectivity index (χ3v) is 4.28. The zero-order valence-corrected chi connectivity index (χ0v) is 11.5. The molecule has 0 heterocycles. The molecule has 0 unspecified atom stereocenters. The normalized spacial score (nSPS) is 12.3. The topological polar surface area (TPSA) is 68.3 Å². The fourth-order valence-corrected chi connectivity index (χ4v) is 2.54. The molecule has 0 radical (unpaired) electrons. The van der Waals surface area contributed by atoms with E-state index in [0.29, 0.717) is 11.1 Å². The Labute approximate surface area is 115 Å². The summed E-state index contributed by atoms with van der Waals surface area (Å²) >= 11 is 0. The van der Waals surface area contributed by atoms with Crippen molar-refractivity contribution in [3.63, 3.8) is 0 Å². The summed E-state index contributed by atoms with van der Waals surface area (Å²) < 4.78 is 68.0. The largest absolute Gasteiger partial charge is 0.332 e. The van der Waals surface area contributed by atoms with E-state index < -0.39 is 30.2 Å². The predicted octanol–water partition coefficient (Wildman–Crippen LogP) is 2.67. The smallest absolute Gasteiger partial charge is 0.189 e. The van der Waals surface area contributed by atoms with Gasteiger partial charge in [0.05, 0.1) is 9.79 Å². The molecule has 0 atom stereocenters. The van der Waals surface area contributed by atoms with Gasteiger partial charge in [0.15, 0.2) is 0 Å². The van der Waals surface area contributed by atoms with Gasteiger partial charge in [-0.2, -0.15) is 16.8 Å². The molecule has 0 N–H and O–H groups in total. The molecular weight excluding hydrogens is 310 g/mol. The minimum absolute atomic E-state index is 0.468. The lowest BCUT2D eigenvalue weighted by molar-refractivity contribution is 0.550. The maximum atomic E-state index is 12.7. The number of rotatable bonds is 3. The summed E-state index contributed by atoms with van der Waals surface area (Å²) in [5.41, 5.74) is 1.08. The Hall–Kier alpha value is -1.80. The maximum Gasteiger partial charge on any atom is 0.332 e. The minimum atomic E-state index is -4.76. The van der Waals surface area contributed by atoms with Gasteiger partial charge in [-0.15, -0.1) is 7.77 Å². The fraction of sp³-hybridized carbons (Fsp3) is 0. The van der Waals surface area contributed by atoms with Crippen LogP contribution < -0.4 is 0 Å². The molecule has 106 valence electrons. The molecule has 0 fully saturated rings. The van der Waals surface area contributed by atoms with Gasteiger partial charge in [-0.25, -0.2) is 0 Å². The summed E-state index contributed by atoms with van der Waals surface area (Å²) in [6.07, 6.45) is 0. The third-order valence-electron chi connectivity index (χ3n) is 2.61. The molecule has 2 rings (SSSR count). The summed E-state index contributed by atoms with van der Waals surface area (Å²) in [7, 11) is -9.51. The maximum absolute atomic E-state index is 12.7. The summed E-state index contributed by atoms with van der Waals surface area (Å²) in [6, 6.07) is 9.82. The molecule has 0 bridgehead atoms. The van der Waals surface area contributed by atoms with Crippen LogP contribution in [0.2, 0.25) is 0 Å². The van der Waals surface area contributed by atoms with Gasteiger partial charge in [-0.3, -0.25) is 0 Å². The van der Waals surface area contributed by atoms with Crippen molar-refractivity contribution in [1.82, 2.24) is 0 Å². The SMILES string of the molecule is O=S(=O)(F)c1ccc(-c2ccc(S(=O)(=O)F)cc2)cc1. The van der Waals surface area contributed by atoms with Crippen LogP contribution in [-0.4, -0.2) is 16.8 Å². The molecule has 0 aliphatic carbocycles. The Bertz CT molecular complexity index is 751. The van der Waals surface area contributed by atoms with Crippen LogP contribution in [0.5, 0.6) is 0 Å². The van der Waals surface area contributed by atoms with E-state index in [1.54, 1.807) is 0 Å². The van der Waals surface area contributed by atoms with Gasteiger partial charge < -0.3 is 0 Å². The van der Waals surface area contributed by atoms with Crippen molar-refractivity contribution >= 4 is 20.4 Å². The number of halogens is 2. The first-order valence-electron chi connectivity index (χ1n) is 5.28. The van der Waals surface area contributed by atoms with Crippen molar-refractivity contribution in [2.45, 2.75) is 9.79 Å². The highest BCUT2D eigenvalue weighted by Crippen LogP contribution is 2.24. The van der Waals surface area contributed by atoms with Crippen molar-refractivity contribution in [3.8, 4) is 11.1 Å². The van der Waals surface area contributed by atoms with Gasteiger partial charge in [0.1, 0.15) is 0 Å². The number of benzene rings is 2. The van der Waals surface area contributed by atoms with Crippen LogP contribution in [0, 0.1) is 0 Å². The molecule has 0 aliphatic heterocycles. The number of hydrogen-bond acceptors (Lipinski definition) is 4. The zero-order valence-electron chi connectivity index (χ0n) is 9.82. The van der Waals surface area contributed by atoms with Crippen molar-refractivity contribution in [2.75, 3.05) is 0 Å². The van der Waals surface area contributed by atoms with Gasteiger partial charge in [-0.05, 0) is 35.4 Å². The van der Waals surface area contributed by atoms with Gasteiger partial charge in [-0.1, -0.05) is 24.3 Å². The summed E-state index contributed by atoms with van der Waals surface area (Å²) in [5, 5.41) is 0. The van der Waals surface area contributed by atoms with Crippen LogP contribution in [0.1, 0.15) is 0 Å². The second kappa shape index (κ2) is 4.95. The van der Waals surface area contributed by atoms with E-state index in [9.17, 15) is 24.6 Å². The van der Waals surface area contributed by atoms with E-state index >= 15 is 0 Å². The first-order chi connectivity index (χ1) is 9.18. The van der Waals surface area contributed by atoms with Crippen LogP contribution in [0.25, 0.3) is 11.1 Å².